The Morgan fingerprint density at radius 3 is 2.36 bits per heavy atom. The van der Waals surface area contributed by atoms with Gasteiger partial charge in [0.05, 0.1) is 7.11 Å². The van der Waals surface area contributed by atoms with Gasteiger partial charge in [-0.1, -0.05) is 18.2 Å². The molecule has 0 heterocycles. The molecule has 0 fully saturated rings. The summed E-state index contributed by atoms with van der Waals surface area (Å²) in [6, 6.07) is 15.9. The van der Waals surface area contributed by atoms with Gasteiger partial charge in [-0.3, -0.25) is 4.79 Å². The Kier molecular flexibility index (Phi) is 4.78. The second-order valence-electron chi connectivity index (χ2n) is 4.35. The van der Waals surface area contributed by atoms with E-state index in [1.807, 2.05) is 0 Å². The summed E-state index contributed by atoms with van der Waals surface area (Å²) in [5.41, 5.74) is 5.60. The fraction of sp³-hybridized carbons (Fsp3) is 0.0588. The standard InChI is InChI=1S/C17H14N2O3/c1-21-14-6-8-15(9-7-14)22-16-5-3-2-4-12(16)10-13(11-18)17(19)20/h2-10H,1H3,(H2,19,20)/b13-10+. The van der Waals surface area contributed by atoms with Crippen LogP contribution in [0.3, 0.4) is 0 Å². The molecule has 1 amide bonds. The zero-order chi connectivity index (χ0) is 15.9. The lowest BCUT2D eigenvalue weighted by atomic mass is 10.1. The summed E-state index contributed by atoms with van der Waals surface area (Å²) >= 11 is 0. The minimum absolute atomic E-state index is 0.134. The van der Waals surface area contributed by atoms with Crippen molar-refractivity contribution in [2.24, 2.45) is 5.73 Å². The Bertz CT molecular complexity index is 743. The molecule has 0 aliphatic heterocycles. The smallest absolute Gasteiger partial charge is 0.259 e. The van der Waals surface area contributed by atoms with E-state index in [0.29, 0.717) is 17.1 Å². The average Bonchev–Trinajstić information content (AvgIpc) is 2.54. The number of benzene rings is 2. The number of nitrogens with two attached hydrogens (primary N) is 1. The van der Waals surface area contributed by atoms with Crippen LogP contribution in [0.2, 0.25) is 0 Å². The SMILES string of the molecule is COc1ccc(Oc2ccccc2/C=C(\C#N)C(N)=O)cc1. The van der Waals surface area contributed by atoms with Gasteiger partial charge in [-0.2, -0.15) is 5.26 Å². The van der Waals surface area contributed by atoms with Crippen LogP contribution in [0.5, 0.6) is 17.2 Å². The van der Waals surface area contributed by atoms with Crippen LogP contribution in [0.15, 0.2) is 54.1 Å². The average molecular weight is 294 g/mol. The van der Waals surface area contributed by atoms with Crippen LogP contribution >= 0.6 is 0 Å². The molecule has 0 atom stereocenters. The van der Waals surface area contributed by atoms with E-state index >= 15 is 0 Å². The third-order valence-electron chi connectivity index (χ3n) is 2.89. The van der Waals surface area contributed by atoms with Gasteiger partial charge in [0, 0.05) is 5.56 Å². The van der Waals surface area contributed by atoms with E-state index in [4.69, 9.17) is 20.5 Å². The van der Waals surface area contributed by atoms with E-state index in [2.05, 4.69) is 0 Å². The van der Waals surface area contributed by atoms with Gasteiger partial charge in [-0.25, -0.2) is 0 Å². The van der Waals surface area contributed by atoms with Gasteiger partial charge < -0.3 is 15.2 Å². The predicted octanol–water partition coefficient (Wildman–Crippen LogP) is 2.88. The first-order valence-corrected chi connectivity index (χ1v) is 6.46. The quantitative estimate of drug-likeness (QED) is 0.678. The number of amides is 1. The highest BCUT2D eigenvalue weighted by molar-refractivity contribution is 6.00. The number of carbonyl (C=O) groups excluding carboxylic acids is 1. The van der Waals surface area contributed by atoms with Crippen LogP contribution < -0.4 is 15.2 Å². The second-order valence-corrected chi connectivity index (χ2v) is 4.35. The van der Waals surface area contributed by atoms with Crippen molar-refractivity contribution in [3.8, 4) is 23.3 Å². The summed E-state index contributed by atoms with van der Waals surface area (Å²) in [6.45, 7) is 0. The van der Waals surface area contributed by atoms with Crippen molar-refractivity contribution in [2.75, 3.05) is 7.11 Å². The lowest BCUT2D eigenvalue weighted by Crippen LogP contribution is -2.12. The number of carbonyl (C=O) groups is 1. The van der Waals surface area contributed by atoms with Crippen molar-refractivity contribution in [3.05, 3.63) is 59.7 Å². The van der Waals surface area contributed by atoms with E-state index in [9.17, 15) is 4.79 Å². The lowest BCUT2D eigenvalue weighted by Gasteiger charge is -2.09. The Balaban J connectivity index is 2.32. The zero-order valence-electron chi connectivity index (χ0n) is 11.9. The number of nitrogens with zero attached hydrogens (tertiary/aromatic N) is 1. The minimum Gasteiger partial charge on any atom is -0.497 e. The maximum absolute atomic E-state index is 11.2. The van der Waals surface area contributed by atoms with Crippen LogP contribution in [-0.2, 0) is 4.79 Å². The Labute approximate surface area is 128 Å². The highest BCUT2D eigenvalue weighted by atomic mass is 16.5. The molecule has 2 rings (SSSR count). The number of methoxy groups -OCH3 is 1. The van der Waals surface area contributed by atoms with Gasteiger partial charge in [0.2, 0.25) is 0 Å². The van der Waals surface area contributed by atoms with Crippen molar-refractivity contribution >= 4 is 12.0 Å². The van der Waals surface area contributed by atoms with Crippen molar-refractivity contribution in [1.82, 2.24) is 0 Å². The molecule has 0 radical (unpaired) electrons. The Morgan fingerprint density at radius 1 is 1.14 bits per heavy atom. The minimum atomic E-state index is -0.776. The normalized spacial score (nSPS) is 10.6. The molecule has 0 bridgehead atoms. The highest BCUT2D eigenvalue weighted by Gasteiger charge is 2.07. The largest absolute Gasteiger partial charge is 0.497 e. The summed E-state index contributed by atoms with van der Waals surface area (Å²) in [5.74, 6) is 1.07. The van der Waals surface area contributed by atoms with Crippen LogP contribution in [0.1, 0.15) is 5.56 Å². The van der Waals surface area contributed by atoms with Gasteiger partial charge in [-0.15, -0.1) is 0 Å². The van der Waals surface area contributed by atoms with Gasteiger partial charge in [0.15, 0.2) is 0 Å². The summed E-state index contributed by atoms with van der Waals surface area (Å²) in [6.07, 6.45) is 1.40. The number of hydrogen-bond acceptors (Lipinski definition) is 4. The van der Waals surface area contributed by atoms with E-state index in [0.717, 1.165) is 5.75 Å². The lowest BCUT2D eigenvalue weighted by molar-refractivity contribution is -0.114. The van der Waals surface area contributed by atoms with Gasteiger partial charge in [0.25, 0.3) is 5.91 Å². The molecule has 0 unspecified atom stereocenters. The first-order chi connectivity index (χ1) is 10.6. The van der Waals surface area contributed by atoms with Crippen molar-refractivity contribution in [3.63, 3.8) is 0 Å². The van der Waals surface area contributed by atoms with Crippen molar-refractivity contribution < 1.29 is 14.3 Å². The predicted molar refractivity (Wildman–Crippen MR) is 82.3 cm³/mol. The van der Waals surface area contributed by atoms with Crippen LogP contribution in [0.4, 0.5) is 0 Å². The fourth-order valence-electron chi connectivity index (χ4n) is 1.78. The molecule has 2 aromatic carbocycles. The molecule has 2 N–H and O–H groups in total. The molecule has 0 aliphatic carbocycles. The molecular formula is C17H14N2O3. The summed E-state index contributed by atoms with van der Waals surface area (Å²) < 4.78 is 10.9. The summed E-state index contributed by atoms with van der Waals surface area (Å²) in [5, 5.41) is 8.92. The van der Waals surface area contributed by atoms with E-state index < -0.39 is 5.91 Å². The molecule has 5 heteroatoms. The van der Waals surface area contributed by atoms with Crippen LogP contribution in [0.25, 0.3) is 6.08 Å². The third-order valence-corrected chi connectivity index (χ3v) is 2.89. The highest BCUT2D eigenvalue weighted by Crippen LogP contribution is 2.28. The zero-order valence-corrected chi connectivity index (χ0v) is 11.9. The monoisotopic (exact) mass is 294 g/mol. The van der Waals surface area contributed by atoms with E-state index in [1.54, 1.807) is 61.7 Å². The van der Waals surface area contributed by atoms with Gasteiger partial charge >= 0.3 is 0 Å². The Morgan fingerprint density at radius 2 is 1.77 bits per heavy atom. The van der Waals surface area contributed by atoms with Crippen LogP contribution in [-0.4, -0.2) is 13.0 Å². The number of hydrogen-bond donors (Lipinski definition) is 1. The number of ether oxygens (including phenoxy) is 2. The topological polar surface area (TPSA) is 85.3 Å². The molecule has 110 valence electrons. The van der Waals surface area contributed by atoms with E-state index in [-0.39, 0.29) is 5.57 Å². The molecular weight excluding hydrogens is 280 g/mol. The van der Waals surface area contributed by atoms with E-state index in [1.165, 1.54) is 6.08 Å². The second kappa shape index (κ2) is 6.95. The summed E-state index contributed by atoms with van der Waals surface area (Å²) in [7, 11) is 1.59. The number of primary amides is 1. The maximum Gasteiger partial charge on any atom is 0.259 e. The van der Waals surface area contributed by atoms with Crippen LogP contribution in [0, 0.1) is 11.3 Å². The molecule has 2 aromatic rings. The fourth-order valence-corrected chi connectivity index (χ4v) is 1.78. The molecule has 0 aliphatic rings. The molecule has 22 heavy (non-hydrogen) atoms. The number of rotatable bonds is 5. The third kappa shape index (κ3) is 3.64. The molecule has 0 aromatic heterocycles. The Hall–Kier alpha value is -3.26. The molecule has 0 saturated carbocycles. The number of para-hydroxylation sites is 1. The summed E-state index contributed by atoms with van der Waals surface area (Å²) in [4.78, 5) is 11.2. The molecule has 5 nitrogen and oxygen atoms in total. The van der Waals surface area contributed by atoms with Gasteiger partial charge in [-0.05, 0) is 36.4 Å². The molecule has 0 spiro atoms. The van der Waals surface area contributed by atoms with Crippen molar-refractivity contribution in [2.45, 2.75) is 0 Å². The maximum atomic E-state index is 11.2. The first kappa shape index (κ1) is 15.1. The molecule has 0 saturated heterocycles. The van der Waals surface area contributed by atoms with Gasteiger partial charge in [0.1, 0.15) is 28.9 Å². The number of nitriles is 1. The first-order valence-electron chi connectivity index (χ1n) is 6.46. The van der Waals surface area contributed by atoms with Crippen molar-refractivity contribution in [1.29, 1.82) is 5.26 Å².